The minimum absolute atomic E-state index is 0.191. The van der Waals surface area contributed by atoms with Gasteiger partial charge in [-0.3, -0.25) is 14.3 Å². The van der Waals surface area contributed by atoms with E-state index in [9.17, 15) is 9.59 Å². The van der Waals surface area contributed by atoms with Crippen LogP contribution >= 0.6 is 12.2 Å². The van der Waals surface area contributed by atoms with Crippen molar-refractivity contribution in [3.05, 3.63) is 20.8 Å². The van der Waals surface area contributed by atoms with Crippen LogP contribution in [-0.2, 0) is 6.54 Å². The number of nitrogens with one attached hydrogen (secondary N) is 2. The molecule has 1 aromatic rings. The largest absolute Gasteiger partial charge is 0.383 e. The minimum Gasteiger partial charge on any atom is -0.383 e. The molecule has 8 heteroatoms. The smallest absolute Gasteiger partial charge is 0.330 e. The third-order valence-electron chi connectivity index (χ3n) is 5.81. The summed E-state index contributed by atoms with van der Waals surface area (Å²) in [7, 11) is 0. The number of thiocarbonyl (C=S) groups is 1. The molecule has 7 nitrogen and oxygen atoms in total. The van der Waals surface area contributed by atoms with Crippen LogP contribution in [0.4, 0.5) is 11.5 Å². The fourth-order valence-electron chi connectivity index (χ4n) is 3.85. The zero-order valence-electron chi connectivity index (χ0n) is 18.3. The Bertz CT molecular complexity index is 801. The second-order valence-corrected chi connectivity index (χ2v) is 9.04. The van der Waals surface area contributed by atoms with Crippen LogP contribution in [0.3, 0.4) is 0 Å². The predicted molar refractivity (Wildman–Crippen MR) is 125 cm³/mol. The number of nitrogens with zero attached hydrogens (tertiary/aromatic N) is 2. The number of nitrogens with two attached hydrogens (primary N) is 1. The number of hydrogen-bond acceptors (Lipinski definition) is 4. The van der Waals surface area contributed by atoms with Crippen molar-refractivity contribution in [3.8, 4) is 0 Å². The van der Waals surface area contributed by atoms with Crippen LogP contribution in [0.2, 0.25) is 0 Å². The third-order valence-corrected chi connectivity index (χ3v) is 6.15. The molecule has 2 atom stereocenters. The van der Waals surface area contributed by atoms with E-state index in [1.54, 1.807) is 4.90 Å². The molecule has 1 saturated carbocycles. The molecular formula is C21H37N5O2S. The van der Waals surface area contributed by atoms with Gasteiger partial charge in [-0.25, -0.2) is 4.79 Å². The van der Waals surface area contributed by atoms with Crippen molar-refractivity contribution in [1.82, 2.24) is 14.9 Å². The fourth-order valence-corrected chi connectivity index (χ4v) is 4.18. The van der Waals surface area contributed by atoms with Gasteiger partial charge in [-0.05, 0) is 49.7 Å². The van der Waals surface area contributed by atoms with Gasteiger partial charge >= 0.3 is 5.69 Å². The SMILES string of the molecule is CCCCn1c(N)c(N(CCC(C)C)C(=S)N[C@H]2CCCC[C@@H]2C)c(=O)[nH]c1=O. The summed E-state index contributed by atoms with van der Waals surface area (Å²) in [5.41, 5.74) is 5.68. The second-order valence-electron chi connectivity index (χ2n) is 8.65. The lowest BCUT2D eigenvalue weighted by molar-refractivity contribution is 0.309. The molecular weight excluding hydrogens is 386 g/mol. The van der Waals surface area contributed by atoms with Crippen molar-refractivity contribution in [3.63, 3.8) is 0 Å². The van der Waals surface area contributed by atoms with Gasteiger partial charge in [-0.1, -0.05) is 47.0 Å². The van der Waals surface area contributed by atoms with E-state index in [2.05, 4.69) is 31.1 Å². The Morgan fingerprint density at radius 1 is 1.34 bits per heavy atom. The van der Waals surface area contributed by atoms with Gasteiger partial charge in [0.05, 0.1) is 0 Å². The molecule has 0 radical (unpaired) electrons. The highest BCUT2D eigenvalue weighted by Crippen LogP contribution is 2.25. The molecule has 4 N–H and O–H groups in total. The first-order valence-electron chi connectivity index (χ1n) is 11.0. The Morgan fingerprint density at radius 2 is 2.03 bits per heavy atom. The molecule has 1 fully saturated rings. The normalized spacial score (nSPS) is 19.3. The van der Waals surface area contributed by atoms with Gasteiger partial charge in [0.1, 0.15) is 5.82 Å². The van der Waals surface area contributed by atoms with E-state index in [1.807, 2.05) is 6.92 Å². The molecule has 0 amide bonds. The standard InChI is InChI=1S/C21H37N5O2S/c1-5-6-12-26-18(22)17(19(27)24-20(26)28)25(13-11-14(2)3)21(29)23-16-10-8-7-9-15(16)4/h14-16H,5-13,22H2,1-4H3,(H,23,29)(H,24,27,28)/t15-,16-/m0/s1. The van der Waals surface area contributed by atoms with Crippen LogP contribution in [0.1, 0.15) is 72.6 Å². The van der Waals surface area contributed by atoms with Crippen molar-refractivity contribution in [2.75, 3.05) is 17.2 Å². The number of aromatic amines is 1. The van der Waals surface area contributed by atoms with Gasteiger partial charge in [0.25, 0.3) is 5.56 Å². The number of nitrogen functional groups attached to an aromatic ring is 1. The molecule has 1 heterocycles. The Labute approximate surface area is 179 Å². The van der Waals surface area contributed by atoms with Crippen LogP contribution in [0.25, 0.3) is 0 Å². The van der Waals surface area contributed by atoms with E-state index in [-0.39, 0.29) is 11.5 Å². The number of anilines is 2. The molecule has 164 valence electrons. The number of unbranched alkanes of at least 4 members (excludes halogenated alkanes) is 1. The summed E-state index contributed by atoms with van der Waals surface area (Å²) in [6.45, 7) is 9.60. The lowest BCUT2D eigenvalue weighted by atomic mass is 9.86. The molecule has 1 aromatic heterocycles. The van der Waals surface area contributed by atoms with Crippen molar-refractivity contribution < 1.29 is 0 Å². The van der Waals surface area contributed by atoms with Gasteiger partial charge in [-0.2, -0.15) is 0 Å². The first-order valence-corrected chi connectivity index (χ1v) is 11.4. The quantitative estimate of drug-likeness (QED) is 0.556. The molecule has 0 saturated heterocycles. The van der Waals surface area contributed by atoms with E-state index in [4.69, 9.17) is 18.0 Å². The first kappa shape index (κ1) is 23.4. The average Bonchev–Trinajstić information content (AvgIpc) is 2.65. The highest BCUT2D eigenvalue weighted by Gasteiger charge is 2.26. The van der Waals surface area contributed by atoms with Crippen LogP contribution in [0.5, 0.6) is 0 Å². The van der Waals surface area contributed by atoms with Gasteiger partial charge in [0.15, 0.2) is 10.8 Å². The summed E-state index contributed by atoms with van der Waals surface area (Å²) >= 11 is 5.75. The maximum atomic E-state index is 12.8. The Balaban J connectivity index is 2.39. The number of hydrogen-bond donors (Lipinski definition) is 3. The maximum absolute atomic E-state index is 12.8. The zero-order chi connectivity index (χ0) is 21.6. The Morgan fingerprint density at radius 3 is 2.66 bits per heavy atom. The van der Waals surface area contributed by atoms with Crippen LogP contribution < -0.4 is 27.2 Å². The highest BCUT2D eigenvalue weighted by molar-refractivity contribution is 7.80. The molecule has 2 rings (SSSR count). The van der Waals surface area contributed by atoms with Gasteiger partial charge in [0, 0.05) is 19.1 Å². The van der Waals surface area contributed by atoms with Crippen LogP contribution in [0.15, 0.2) is 9.59 Å². The topological polar surface area (TPSA) is 96.2 Å². The number of rotatable bonds is 8. The van der Waals surface area contributed by atoms with E-state index in [0.717, 1.165) is 25.7 Å². The molecule has 1 aliphatic carbocycles. The maximum Gasteiger partial charge on any atom is 0.330 e. The summed E-state index contributed by atoms with van der Waals surface area (Å²) < 4.78 is 1.45. The summed E-state index contributed by atoms with van der Waals surface area (Å²) in [5.74, 6) is 1.17. The van der Waals surface area contributed by atoms with E-state index >= 15 is 0 Å². The molecule has 0 aliphatic heterocycles. The van der Waals surface area contributed by atoms with Gasteiger partial charge < -0.3 is 16.0 Å². The highest BCUT2D eigenvalue weighted by atomic mass is 32.1. The number of H-pyrrole nitrogens is 1. The second kappa shape index (κ2) is 10.8. The molecule has 0 unspecified atom stereocenters. The minimum atomic E-state index is -0.482. The van der Waals surface area contributed by atoms with Crippen molar-refractivity contribution >= 4 is 28.8 Å². The summed E-state index contributed by atoms with van der Waals surface area (Å²) in [5, 5.41) is 4.00. The fraction of sp³-hybridized carbons (Fsp3) is 0.762. The van der Waals surface area contributed by atoms with Crippen molar-refractivity contribution in [2.45, 2.75) is 85.2 Å². The van der Waals surface area contributed by atoms with Crippen LogP contribution in [0, 0.1) is 11.8 Å². The lowest BCUT2D eigenvalue weighted by Gasteiger charge is -2.34. The van der Waals surface area contributed by atoms with E-state index < -0.39 is 11.2 Å². The van der Waals surface area contributed by atoms with E-state index in [0.29, 0.717) is 36.1 Å². The zero-order valence-corrected chi connectivity index (χ0v) is 19.1. The molecule has 0 bridgehead atoms. The average molecular weight is 424 g/mol. The molecule has 0 aromatic carbocycles. The molecule has 29 heavy (non-hydrogen) atoms. The predicted octanol–water partition coefficient (Wildman–Crippen LogP) is 3.22. The van der Waals surface area contributed by atoms with Crippen LogP contribution in [-0.4, -0.2) is 27.3 Å². The first-order chi connectivity index (χ1) is 13.8. The molecule has 1 aliphatic rings. The van der Waals surface area contributed by atoms with E-state index in [1.165, 1.54) is 23.8 Å². The summed E-state index contributed by atoms with van der Waals surface area (Å²) in [6, 6.07) is 0.295. The lowest BCUT2D eigenvalue weighted by Crippen LogP contribution is -2.50. The van der Waals surface area contributed by atoms with Crippen molar-refractivity contribution in [1.29, 1.82) is 0 Å². The number of aromatic nitrogens is 2. The van der Waals surface area contributed by atoms with Crippen molar-refractivity contribution in [2.24, 2.45) is 11.8 Å². The third kappa shape index (κ3) is 6.07. The Kier molecular flexibility index (Phi) is 8.74. The Hall–Kier alpha value is -1.83. The van der Waals surface area contributed by atoms with Gasteiger partial charge in [0.2, 0.25) is 0 Å². The van der Waals surface area contributed by atoms with Gasteiger partial charge in [-0.15, -0.1) is 0 Å². The summed E-state index contributed by atoms with van der Waals surface area (Å²) in [4.78, 5) is 29.3. The summed E-state index contributed by atoms with van der Waals surface area (Å²) in [6.07, 6.45) is 7.27. The molecule has 0 spiro atoms. The monoisotopic (exact) mass is 423 g/mol.